The zero-order valence-corrected chi connectivity index (χ0v) is 20.6. The summed E-state index contributed by atoms with van der Waals surface area (Å²) in [6.45, 7) is 10.0. The fraction of sp³-hybridized carbons (Fsp3) is 0.778. The topological polar surface area (TPSA) is 27.7 Å². The smallest absolute Gasteiger partial charge is 0.285 e. The van der Waals surface area contributed by atoms with Gasteiger partial charge in [0.2, 0.25) is 0 Å². The van der Waals surface area contributed by atoms with Crippen molar-refractivity contribution in [3.63, 3.8) is 0 Å². The molecule has 0 heterocycles. The van der Waals surface area contributed by atoms with Crippen LogP contribution in [0.15, 0.2) is 24.3 Å². The number of benzene rings is 1. The van der Waals surface area contributed by atoms with Crippen molar-refractivity contribution in [1.82, 2.24) is 0 Å². The van der Waals surface area contributed by atoms with Gasteiger partial charge in [-0.05, 0) is 64.2 Å². The molecule has 1 aromatic carbocycles. The zero-order valence-electron chi connectivity index (χ0n) is 20.6. The lowest BCUT2D eigenvalue weighted by Gasteiger charge is -2.39. The molecule has 0 aliphatic heterocycles. The molecule has 1 unspecified atom stereocenters. The molecule has 0 radical (unpaired) electrons. The van der Waals surface area contributed by atoms with Gasteiger partial charge in [-0.2, -0.15) is 0 Å². The van der Waals surface area contributed by atoms with Gasteiger partial charge in [0.1, 0.15) is 5.82 Å². The number of halogens is 1. The van der Waals surface area contributed by atoms with Crippen molar-refractivity contribution < 1.29 is 18.6 Å². The highest BCUT2D eigenvalue weighted by Gasteiger charge is 2.41. The standard InChI is InChI=1S/C27H47FO3/c1-5-9-10-11-12-15-18-25(27(29-6-2,30-7-3)31-8-4)19-16-13-14-17-24-20-22-26(28)23-21-24/h20-23,25H,5-19H2,1-4H3. The molecule has 0 spiro atoms. The predicted molar refractivity (Wildman–Crippen MR) is 128 cm³/mol. The molecule has 0 saturated carbocycles. The summed E-state index contributed by atoms with van der Waals surface area (Å²) in [5.41, 5.74) is 1.21. The minimum absolute atomic E-state index is 0.166. The summed E-state index contributed by atoms with van der Waals surface area (Å²) in [6, 6.07) is 6.88. The third-order valence-electron chi connectivity index (χ3n) is 5.87. The van der Waals surface area contributed by atoms with Crippen LogP contribution in [0.1, 0.15) is 104 Å². The van der Waals surface area contributed by atoms with Crippen LogP contribution in [0.25, 0.3) is 0 Å². The van der Waals surface area contributed by atoms with E-state index in [0.717, 1.165) is 38.5 Å². The molecule has 0 fully saturated rings. The Morgan fingerprint density at radius 2 is 1.16 bits per heavy atom. The number of aryl methyl sites for hydroxylation is 1. The van der Waals surface area contributed by atoms with Gasteiger partial charge in [-0.1, -0.05) is 70.4 Å². The SMILES string of the molecule is CCCCCCCCC(CCCCCc1ccc(F)cc1)C(OCC)(OCC)OCC. The van der Waals surface area contributed by atoms with Gasteiger partial charge in [0.05, 0.1) is 0 Å². The highest BCUT2D eigenvalue weighted by Crippen LogP contribution is 2.34. The Morgan fingerprint density at radius 3 is 1.68 bits per heavy atom. The Bertz CT molecular complexity index is 515. The van der Waals surface area contributed by atoms with E-state index in [4.69, 9.17) is 14.2 Å². The van der Waals surface area contributed by atoms with Crippen LogP contribution in [0.4, 0.5) is 4.39 Å². The lowest BCUT2D eigenvalue weighted by Crippen LogP contribution is -2.46. The van der Waals surface area contributed by atoms with E-state index < -0.39 is 5.97 Å². The summed E-state index contributed by atoms with van der Waals surface area (Å²) in [5, 5.41) is 0. The van der Waals surface area contributed by atoms with Crippen molar-refractivity contribution in [2.75, 3.05) is 19.8 Å². The first-order valence-corrected chi connectivity index (χ1v) is 12.8. The van der Waals surface area contributed by atoms with E-state index in [2.05, 4.69) is 6.92 Å². The first-order valence-electron chi connectivity index (χ1n) is 12.8. The molecule has 31 heavy (non-hydrogen) atoms. The lowest BCUT2D eigenvalue weighted by molar-refractivity contribution is -0.403. The summed E-state index contributed by atoms with van der Waals surface area (Å²) in [6.07, 6.45) is 14.2. The Kier molecular flexibility index (Phi) is 15.9. The van der Waals surface area contributed by atoms with Crippen molar-refractivity contribution in [1.29, 1.82) is 0 Å². The van der Waals surface area contributed by atoms with Gasteiger partial charge in [-0.15, -0.1) is 0 Å². The molecule has 1 rings (SSSR count). The van der Waals surface area contributed by atoms with E-state index in [1.807, 2.05) is 32.9 Å². The maximum atomic E-state index is 13.1. The third-order valence-corrected chi connectivity index (χ3v) is 5.87. The summed E-state index contributed by atoms with van der Waals surface area (Å²) < 4.78 is 31.4. The van der Waals surface area contributed by atoms with Crippen LogP contribution in [0.5, 0.6) is 0 Å². The van der Waals surface area contributed by atoms with Crippen LogP contribution in [0.2, 0.25) is 0 Å². The van der Waals surface area contributed by atoms with Gasteiger partial charge >= 0.3 is 0 Å². The van der Waals surface area contributed by atoms with Crippen molar-refractivity contribution in [3.8, 4) is 0 Å². The largest absolute Gasteiger partial charge is 0.328 e. The van der Waals surface area contributed by atoms with Crippen LogP contribution >= 0.6 is 0 Å². The quantitative estimate of drug-likeness (QED) is 0.152. The number of hydrogen-bond donors (Lipinski definition) is 0. The molecule has 1 aromatic rings. The van der Waals surface area contributed by atoms with Crippen molar-refractivity contribution in [3.05, 3.63) is 35.6 Å². The second kappa shape index (κ2) is 17.6. The molecular weight excluding hydrogens is 391 g/mol. The molecule has 0 aliphatic carbocycles. The molecule has 0 amide bonds. The van der Waals surface area contributed by atoms with Crippen LogP contribution in [0.3, 0.4) is 0 Å². The monoisotopic (exact) mass is 438 g/mol. The molecule has 0 aromatic heterocycles. The van der Waals surface area contributed by atoms with E-state index in [1.54, 1.807) is 12.1 Å². The van der Waals surface area contributed by atoms with Crippen molar-refractivity contribution >= 4 is 0 Å². The fourth-order valence-electron chi connectivity index (χ4n) is 4.30. The van der Waals surface area contributed by atoms with Gasteiger partial charge in [0, 0.05) is 25.7 Å². The number of ether oxygens (including phenoxy) is 3. The van der Waals surface area contributed by atoms with Crippen LogP contribution in [-0.2, 0) is 20.6 Å². The van der Waals surface area contributed by atoms with E-state index in [9.17, 15) is 4.39 Å². The van der Waals surface area contributed by atoms with Gasteiger partial charge in [-0.3, -0.25) is 0 Å². The summed E-state index contributed by atoms with van der Waals surface area (Å²) in [4.78, 5) is 0. The average Bonchev–Trinajstić information content (AvgIpc) is 2.76. The third kappa shape index (κ3) is 11.5. The molecule has 0 saturated heterocycles. The van der Waals surface area contributed by atoms with Gasteiger partial charge < -0.3 is 14.2 Å². The van der Waals surface area contributed by atoms with E-state index in [1.165, 1.54) is 44.1 Å². The lowest BCUT2D eigenvalue weighted by atomic mass is 9.91. The molecular formula is C27H47FO3. The fourth-order valence-corrected chi connectivity index (χ4v) is 4.30. The Balaban J connectivity index is 2.60. The average molecular weight is 439 g/mol. The Hall–Kier alpha value is -0.970. The second-order valence-corrected chi connectivity index (χ2v) is 8.38. The Morgan fingerprint density at radius 1 is 0.677 bits per heavy atom. The van der Waals surface area contributed by atoms with Crippen LogP contribution in [0, 0.1) is 11.7 Å². The van der Waals surface area contributed by atoms with Crippen molar-refractivity contribution in [2.45, 2.75) is 111 Å². The highest BCUT2D eigenvalue weighted by molar-refractivity contribution is 5.15. The number of hydrogen-bond acceptors (Lipinski definition) is 3. The maximum absolute atomic E-state index is 13.1. The van der Waals surface area contributed by atoms with Crippen LogP contribution < -0.4 is 0 Å². The Labute approximate surface area is 191 Å². The van der Waals surface area contributed by atoms with Gasteiger partial charge in [0.25, 0.3) is 5.97 Å². The molecule has 0 aliphatic rings. The minimum atomic E-state index is -0.918. The van der Waals surface area contributed by atoms with E-state index in [-0.39, 0.29) is 11.7 Å². The molecule has 180 valence electrons. The van der Waals surface area contributed by atoms with E-state index in [0.29, 0.717) is 19.8 Å². The molecule has 0 N–H and O–H groups in total. The highest BCUT2D eigenvalue weighted by atomic mass is 19.1. The normalized spacial score (nSPS) is 12.9. The first-order chi connectivity index (χ1) is 15.1. The molecule has 1 atom stereocenters. The summed E-state index contributed by atoms with van der Waals surface area (Å²) >= 11 is 0. The van der Waals surface area contributed by atoms with Crippen LogP contribution in [-0.4, -0.2) is 25.8 Å². The minimum Gasteiger partial charge on any atom is -0.328 e. The number of rotatable bonds is 20. The number of unbranched alkanes of at least 4 members (excludes halogenated alkanes) is 7. The molecule has 3 nitrogen and oxygen atoms in total. The first kappa shape index (κ1) is 28.1. The molecule has 0 bridgehead atoms. The van der Waals surface area contributed by atoms with Gasteiger partial charge in [-0.25, -0.2) is 4.39 Å². The van der Waals surface area contributed by atoms with Gasteiger partial charge in [0.15, 0.2) is 0 Å². The van der Waals surface area contributed by atoms with E-state index >= 15 is 0 Å². The second-order valence-electron chi connectivity index (χ2n) is 8.38. The summed E-state index contributed by atoms with van der Waals surface area (Å²) in [7, 11) is 0. The van der Waals surface area contributed by atoms with Crippen molar-refractivity contribution in [2.24, 2.45) is 5.92 Å². The zero-order chi connectivity index (χ0) is 22.8. The predicted octanol–water partition coefficient (Wildman–Crippen LogP) is 8.06. The summed E-state index contributed by atoms with van der Waals surface area (Å²) in [5.74, 6) is -0.844. The maximum Gasteiger partial charge on any atom is 0.285 e. The molecule has 4 heteroatoms.